The fourth-order valence-electron chi connectivity index (χ4n) is 5.29. The average molecular weight is 486 g/mol. The number of fused-ring (bicyclic) bond motifs is 4. The maximum Gasteiger partial charge on any atom is 0.0730 e. The first-order valence-electron chi connectivity index (χ1n) is 13.1. The van der Waals surface area contributed by atoms with Crippen LogP contribution in [0.3, 0.4) is 0 Å². The fourth-order valence-corrected chi connectivity index (χ4v) is 5.29. The van der Waals surface area contributed by atoms with Crippen LogP contribution >= 0.6 is 0 Å². The highest BCUT2D eigenvalue weighted by Crippen LogP contribution is 2.34. The summed E-state index contributed by atoms with van der Waals surface area (Å²) in [6.07, 6.45) is 1.93. The fraction of sp³-hybridized carbons (Fsp3) is 0.188. The molecule has 0 radical (unpaired) electrons. The highest BCUT2D eigenvalue weighted by atomic mass is 15.1. The van der Waals surface area contributed by atoms with Gasteiger partial charge >= 0.3 is 0 Å². The molecule has 0 aliphatic carbocycles. The van der Waals surface area contributed by atoms with E-state index in [0.717, 1.165) is 71.0 Å². The number of anilines is 2. The molecule has 0 fully saturated rings. The molecular formula is C32H31N5. The summed E-state index contributed by atoms with van der Waals surface area (Å²) in [5.41, 5.74) is 12.5. The van der Waals surface area contributed by atoms with Crippen LogP contribution in [0.5, 0.6) is 0 Å². The van der Waals surface area contributed by atoms with Crippen molar-refractivity contribution < 1.29 is 0 Å². The van der Waals surface area contributed by atoms with Gasteiger partial charge in [0.05, 0.1) is 33.4 Å². The number of benzene rings is 4. The first kappa shape index (κ1) is 23.2. The second-order valence-corrected chi connectivity index (χ2v) is 9.43. The zero-order chi connectivity index (χ0) is 25.0. The first-order valence-corrected chi connectivity index (χ1v) is 13.1. The Labute approximate surface area is 216 Å². The van der Waals surface area contributed by atoms with E-state index in [-0.39, 0.29) is 0 Å². The Hall–Kier alpha value is -4.22. The molecule has 0 bridgehead atoms. The SMILES string of the molecule is NCCCN(CCCNc1c2ccccc2nc2ccccc12)c1c2ccccc2nc2ccccc12. The maximum absolute atomic E-state index is 5.96. The molecule has 4 aromatic carbocycles. The van der Waals surface area contributed by atoms with Gasteiger partial charge < -0.3 is 16.0 Å². The van der Waals surface area contributed by atoms with Gasteiger partial charge in [-0.1, -0.05) is 72.8 Å². The zero-order valence-electron chi connectivity index (χ0n) is 20.9. The summed E-state index contributed by atoms with van der Waals surface area (Å²) in [7, 11) is 0. The Morgan fingerprint density at radius 2 is 1.00 bits per heavy atom. The van der Waals surface area contributed by atoms with E-state index in [4.69, 9.17) is 15.7 Å². The largest absolute Gasteiger partial charge is 0.384 e. The second-order valence-electron chi connectivity index (χ2n) is 9.43. The standard InChI is InChI=1S/C32H31N5/c33-19-9-21-37(32-25-13-3-7-17-29(25)36-30-18-8-4-14-26(30)32)22-10-20-34-31-23-11-1-5-15-27(23)35-28-16-6-2-12-24(28)31/h1-8,11-18H,9-10,19-22,33H2,(H,34,35). The summed E-state index contributed by atoms with van der Waals surface area (Å²) in [6, 6.07) is 33.6. The molecule has 0 unspecified atom stereocenters. The summed E-state index contributed by atoms with van der Waals surface area (Å²) in [4.78, 5) is 12.3. The minimum absolute atomic E-state index is 0.671. The van der Waals surface area contributed by atoms with Crippen molar-refractivity contribution in [3.63, 3.8) is 0 Å². The van der Waals surface area contributed by atoms with Crippen LogP contribution in [0.2, 0.25) is 0 Å². The molecule has 5 nitrogen and oxygen atoms in total. The van der Waals surface area contributed by atoms with Gasteiger partial charge in [-0.15, -0.1) is 0 Å². The van der Waals surface area contributed by atoms with E-state index in [1.807, 2.05) is 12.1 Å². The summed E-state index contributed by atoms with van der Waals surface area (Å²) >= 11 is 0. The van der Waals surface area contributed by atoms with Crippen LogP contribution < -0.4 is 16.0 Å². The van der Waals surface area contributed by atoms with Crippen LogP contribution in [0.1, 0.15) is 12.8 Å². The Morgan fingerprint density at radius 1 is 0.568 bits per heavy atom. The molecule has 37 heavy (non-hydrogen) atoms. The summed E-state index contributed by atoms with van der Waals surface area (Å²) in [6.45, 7) is 3.37. The normalized spacial score (nSPS) is 11.5. The summed E-state index contributed by atoms with van der Waals surface area (Å²) in [5.74, 6) is 0. The van der Waals surface area contributed by atoms with E-state index in [9.17, 15) is 0 Å². The van der Waals surface area contributed by atoms with Crippen molar-refractivity contribution in [1.29, 1.82) is 0 Å². The van der Waals surface area contributed by atoms with E-state index >= 15 is 0 Å². The number of hydrogen-bond donors (Lipinski definition) is 2. The number of hydrogen-bond acceptors (Lipinski definition) is 5. The summed E-state index contributed by atoms with van der Waals surface area (Å²) < 4.78 is 0. The molecule has 0 saturated carbocycles. The molecule has 0 amide bonds. The molecule has 0 spiro atoms. The first-order chi connectivity index (χ1) is 18.3. The number of aromatic nitrogens is 2. The van der Waals surface area contributed by atoms with Crippen molar-refractivity contribution in [1.82, 2.24) is 9.97 Å². The number of nitrogens with zero attached hydrogens (tertiary/aromatic N) is 3. The Morgan fingerprint density at radius 3 is 1.51 bits per heavy atom. The van der Waals surface area contributed by atoms with Crippen molar-refractivity contribution in [3.05, 3.63) is 97.1 Å². The van der Waals surface area contributed by atoms with Crippen molar-refractivity contribution in [3.8, 4) is 0 Å². The molecular weight excluding hydrogens is 454 g/mol. The van der Waals surface area contributed by atoms with Gasteiger partial charge in [0.1, 0.15) is 0 Å². The van der Waals surface area contributed by atoms with E-state index in [1.165, 1.54) is 16.5 Å². The quantitative estimate of drug-likeness (QED) is 0.175. The van der Waals surface area contributed by atoms with Crippen LogP contribution in [0, 0.1) is 0 Å². The van der Waals surface area contributed by atoms with Crippen molar-refractivity contribution in [2.75, 3.05) is 36.4 Å². The highest BCUT2D eigenvalue weighted by Gasteiger charge is 2.16. The highest BCUT2D eigenvalue weighted by molar-refractivity contribution is 6.08. The third-order valence-electron chi connectivity index (χ3n) is 7.00. The molecule has 184 valence electrons. The average Bonchev–Trinajstić information content (AvgIpc) is 2.95. The minimum Gasteiger partial charge on any atom is -0.384 e. The lowest BCUT2D eigenvalue weighted by molar-refractivity contribution is 0.714. The van der Waals surface area contributed by atoms with Gasteiger partial charge in [0.15, 0.2) is 0 Å². The van der Waals surface area contributed by atoms with Gasteiger partial charge in [0.25, 0.3) is 0 Å². The lowest BCUT2D eigenvalue weighted by Gasteiger charge is -2.28. The molecule has 2 aromatic heterocycles. The predicted molar refractivity (Wildman–Crippen MR) is 157 cm³/mol. The van der Waals surface area contributed by atoms with Crippen molar-refractivity contribution in [2.45, 2.75) is 12.8 Å². The molecule has 3 N–H and O–H groups in total. The smallest absolute Gasteiger partial charge is 0.0730 e. The van der Waals surface area contributed by atoms with Gasteiger partial charge in [-0.3, -0.25) is 0 Å². The van der Waals surface area contributed by atoms with Crippen LogP contribution in [0.15, 0.2) is 97.1 Å². The van der Waals surface area contributed by atoms with Crippen molar-refractivity contribution >= 4 is 55.0 Å². The third kappa shape index (κ3) is 4.54. The number of pyridine rings is 2. The van der Waals surface area contributed by atoms with Gasteiger partial charge in [0.2, 0.25) is 0 Å². The third-order valence-corrected chi connectivity index (χ3v) is 7.00. The molecule has 5 heteroatoms. The molecule has 2 heterocycles. The number of nitrogens with one attached hydrogen (secondary N) is 1. The van der Waals surface area contributed by atoms with E-state index in [1.54, 1.807) is 0 Å². The monoisotopic (exact) mass is 485 g/mol. The van der Waals surface area contributed by atoms with Crippen LogP contribution in [-0.4, -0.2) is 36.1 Å². The summed E-state index contributed by atoms with van der Waals surface area (Å²) in [5, 5.41) is 8.47. The van der Waals surface area contributed by atoms with Crippen LogP contribution in [0.25, 0.3) is 43.6 Å². The molecule has 0 atom stereocenters. The minimum atomic E-state index is 0.671. The Bertz CT molecular complexity index is 1590. The second kappa shape index (κ2) is 10.4. The van der Waals surface area contributed by atoms with Crippen LogP contribution in [-0.2, 0) is 0 Å². The van der Waals surface area contributed by atoms with E-state index in [2.05, 4.69) is 95.1 Å². The zero-order valence-corrected chi connectivity index (χ0v) is 20.9. The molecule has 6 rings (SSSR count). The Balaban J connectivity index is 1.30. The van der Waals surface area contributed by atoms with Gasteiger partial charge in [0, 0.05) is 41.2 Å². The maximum atomic E-state index is 5.96. The Kier molecular flexibility index (Phi) is 6.53. The lowest BCUT2D eigenvalue weighted by Crippen LogP contribution is -2.29. The number of rotatable bonds is 9. The van der Waals surface area contributed by atoms with E-state index in [0.29, 0.717) is 6.54 Å². The van der Waals surface area contributed by atoms with Crippen LogP contribution in [0.4, 0.5) is 11.4 Å². The molecule has 6 aromatic rings. The van der Waals surface area contributed by atoms with Gasteiger partial charge in [-0.05, 0) is 43.7 Å². The van der Waals surface area contributed by atoms with Gasteiger partial charge in [-0.25, -0.2) is 9.97 Å². The molecule has 0 aliphatic rings. The number of para-hydroxylation sites is 4. The number of nitrogens with two attached hydrogens (primary N) is 1. The topological polar surface area (TPSA) is 67.1 Å². The van der Waals surface area contributed by atoms with Gasteiger partial charge in [-0.2, -0.15) is 0 Å². The predicted octanol–water partition coefficient (Wildman–Crippen LogP) is 6.75. The van der Waals surface area contributed by atoms with Crippen molar-refractivity contribution in [2.24, 2.45) is 5.73 Å². The lowest BCUT2D eigenvalue weighted by atomic mass is 10.1. The van der Waals surface area contributed by atoms with E-state index < -0.39 is 0 Å². The molecule has 0 saturated heterocycles. The molecule has 0 aliphatic heterocycles.